The quantitative estimate of drug-likeness (QED) is 0.241. The molecule has 2 aromatic heterocycles. The van der Waals surface area contributed by atoms with E-state index in [2.05, 4.69) is 4.98 Å². The molecule has 37 heavy (non-hydrogen) atoms. The van der Waals surface area contributed by atoms with E-state index in [0.29, 0.717) is 39.2 Å². The lowest BCUT2D eigenvalue weighted by Gasteiger charge is -2.24. The van der Waals surface area contributed by atoms with Crippen molar-refractivity contribution in [1.82, 2.24) is 4.98 Å². The van der Waals surface area contributed by atoms with Crippen LogP contribution in [0.5, 0.6) is 5.75 Å². The molecule has 0 saturated carbocycles. The molecule has 0 saturated heterocycles. The highest BCUT2D eigenvalue weighted by atomic mass is 35.5. The summed E-state index contributed by atoms with van der Waals surface area (Å²) in [5.41, 5.74) is 1.65. The number of aliphatic hydroxyl groups excluding tert-OH is 1. The predicted octanol–water partition coefficient (Wildman–Crippen LogP) is 6.88. The Labute approximate surface area is 220 Å². The van der Waals surface area contributed by atoms with E-state index in [9.17, 15) is 14.7 Å². The number of anilines is 1. The van der Waals surface area contributed by atoms with Gasteiger partial charge in [0, 0.05) is 10.4 Å². The number of benzene rings is 3. The lowest BCUT2D eigenvalue weighted by atomic mass is 9.95. The standard InChI is InChI=1S/C28H19ClN2O5S/c1-2-35-18-10-11-19-22(14-18)37-28(30-19)31-24(16-7-5-8-17(29)12-16)23(26(33)27(31)34)25(32)21-13-15-6-3-4-9-20(15)36-21/h3-14,24,33H,2H2,1H3/t24-/m1/s1. The number of Topliss-reactive ketones (excluding diaryl/α,β-unsaturated/α-hetero) is 1. The smallest absolute Gasteiger partial charge is 0.296 e. The summed E-state index contributed by atoms with van der Waals surface area (Å²) >= 11 is 7.55. The van der Waals surface area contributed by atoms with Gasteiger partial charge >= 0.3 is 0 Å². The van der Waals surface area contributed by atoms with Crippen molar-refractivity contribution in [3.63, 3.8) is 0 Å². The Hall–Kier alpha value is -4.14. The maximum Gasteiger partial charge on any atom is 0.296 e. The van der Waals surface area contributed by atoms with E-state index in [1.54, 1.807) is 42.5 Å². The molecule has 0 spiro atoms. The van der Waals surface area contributed by atoms with E-state index in [1.807, 2.05) is 37.3 Å². The molecule has 0 radical (unpaired) electrons. The number of ketones is 1. The highest BCUT2D eigenvalue weighted by Gasteiger charge is 2.46. The fraction of sp³-hybridized carbons (Fsp3) is 0.107. The van der Waals surface area contributed by atoms with Gasteiger partial charge in [0.2, 0.25) is 5.78 Å². The zero-order valence-electron chi connectivity index (χ0n) is 19.5. The number of aromatic nitrogens is 1. The fourth-order valence-electron chi connectivity index (χ4n) is 4.51. The topological polar surface area (TPSA) is 92.9 Å². The predicted molar refractivity (Wildman–Crippen MR) is 143 cm³/mol. The fourth-order valence-corrected chi connectivity index (χ4v) is 5.72. The second kappa shape index (κ2) is 9.06. The van der Waals surface area contributed by atoms with Crippen molar-refractivity contribution in [2.24, 2.45) is 0 Å². The van der Waals surface area contributed by atoms with Crippen LogP contribution in [0.15, 0.2) is 88.5 Å². The van der Waals surface area contributed by atoms with Gasteiger partial charge < -0.3 is 14.3 Å². The van der Waals surface area contributed by atoms with Gasteiger partial charge in [0.05, 0.1) is 28.4 Å². The molecule has 3 aromatic carbocycles. The van der Waals surface area contributed by atoms with Crippen LogP contribution in [0.4, 0.5) is 5.13 Å². The molecule has 3 heterocycles. The van der Waals surface area contributed by atoms with Crippen LogP contribution in [-0.4, -0.2) is 28.4 Å². The number of hydrogen-bond acceptors (Lipinski definition) is 7. The van der Waals surface area contributed by atoms with Crippen molar-refractivity contribution in [3.8, 4) is 5.75 Å². The lowest BCUT2D eigenvalue weighted by Crippen LogP contribution is -2.30. The molecule has 0 fully saturated rings. The minimum absolute atomic E-state index is 0.0232. The molecular weight excluding hydrogens is 512 g/mol. The van der Waals surface area contributed by atoms with E-state index in [1.165, 1.54) is 16.2 Å². The number of rotatable bonds is 6. The molecule has 184 valence electrons. The highest BCUT2D eigenvalue weighted by Crippen LogP contribution is 2.45. The summed E-state index contributed by atoms with van der Waals surface area (Å²) in [6.07, 6.45) is 0. The zero-order valence-corrected chi connectivity index (χ0v) is 21.0. The van der Waals surface area contributed by atoms with E-state index in [0.717, 1.165) is 10.1 Å². The number of ether oxygens (including phenoxy) is 1. The number of furan rings is 1. The Morgan fingerprint density at radius 2 is 1.97 bits per heavy atom. The van der Waals surface area contributed by atoms with Gasteiger partial charge in [-0.15, -0.1) is 0 Å². The normalized spacial score (nSPS) is 15.8. The Kier molecular flexibility index (Phi) is 5.70. The second-order valence-electron chi connectivity index (χ2n) is 8.43. The average Bonchev–Trinajstić information content (AvgIpc) is 3.58. The van der Waals surface area contributed by atoms with E-state index >= 15 is 0 Å². The van der Waals surface area contributed by atoms with Crippen molar-refractivity contribution in [3.05, 3.63) is 100 Å². The van der Waals surface area contributed by atoms with Gasteiger partial charge in [-0.25, -0.2) is 4.98 Å². The molecule has 1 aliphatic heterocycles. The third-order valence-electron chi connectivity index (χ3n) is 6.13. The molecule has 1 atom stereocenters. The summed E-state index contributed by atoms with van der Waals surface area (Å²) in [6.45, 7) is 2.42. The van der Waals surface area contributed by atoms with E-state index in [4.69, 9.17) is 20.8 Å². The molecule has 0 unspecified atom stereocenters. The van der Waals surface area contributed by atoms with Crippen molar-refractivity contribution in [2.45, 2.75) is 13.0 Å². The number of aliphatic hydroxyl groups is 1. The maximum atomic E-state index is 13.7. The largest absolute Gasteiger partial charge is 0.503 e. The van der Waals surface area contributed by atoms with Crippen LogP contribution in [0.2, 0.25) is 5.02 Å². The first-order valence-electron chi connectivity index (χ1n) is 11.5. The Morgan fingerprint density at radius 1 is 1.14 bits per heavy atom. The van der Waals surface area contributed by atoms with Crippen LogP contribution in [-0.2, 0) is 4.79 Å². The molecule has 0 aliphatic carbocycles. The Balaban J connectivity index is 1.49. The van der Waals surface area contributed by atoms with Crippen molar-refractivity contribution < 1.29 is 23.8 Å². The number of thiazole rings is 1. The van der Waals surface area contributed by atoms with Crippen molar-refractivity contribution in [2.75, 3.05) is 11.5 Å². The number of hydrogen-bond donors (Lipinski definition) is 1. The first kappa shape index (κ1) is 23.3. The molecule has 9 heteroatoms. The molecular formula is C28H19ClN2O5S. The summed E-state index contributed by atoms with van der Waals surface area (Å²) in [6, 6.07) is 20.2. The number of para-hydroxylation sites is 1. The summed E-state index contributed by atoms with van der Waals surface area (Å²) in [5.74, 6) is -1.26. The van der Waals surface area contributed by atoms with Gasteiger partial charge in [-0.05, 0) is 55.0 Å². The average molecular weight is 531 g/mol. The maximum absolute atomic E-state index is 13.7. The van der Waals surface area contributed by atoms with Gasteiger partial charge in [0.1, 0.15) is 11.3 Å². The third kappa shape index (κ3) is 3.94. The van der Waals surface area contributed by atoms with E-state index in [-0.39, 0.29) is 11.3 Å². The summed E-state index contributed by atoms with van der Waals surface area (Å²) in [7, 11) is 0. The highest BCUT2D eigenvalue weighted by molar-refractivity contribution is 7.22. The summed E-state index contributed by atoms with van der Waals surface area (Å²) in [4.78, 5) is 33.2. The summed E-state index contributed by atoms with van der Waals surface area (Å²) in [5, 5.41) is 12.5. The van der Waals surface area contributed by atoms with Crippen molar-refractivity contribution >= 4 is 60.9 Å². The lowest BCUT2D eigenvalue weighted by molar-refractivity contribution is -0.117. The van der Waals surface area contributed by atoms with Crippen LogP contribution >= 0.6 is 22.9 Å². The van der Waals surface area contributed by atoms with Crippen LogP contribution in [0, 0.1) is 0 Å². The number of halogens is 1. The Bertz CT molecular complexity index is 1700. The monoisotopic (exact) mass is 530 g/mol. The molecule has 1 aliphatic rings. The minimum Gasteiger partial charge on any atom is -0.503 e. The van der Waals surface area contributed by atoms with Gasteiger partial charge in [-0.3, -0.25) is 14.5 Å². The number of carbonyl (C=O) groups excluding carboxylic acids is 2. The zero-order chi connectivity index (χ0) is 25.7. The first-order valence-corrected chi connectivity index (χ1v) is 12.7. The minimum atomic E-state index is -0.959. The molecule has 7 nitrogen and oxygen atoms in total. The molecule has 1 N–H and O–H groups in total. The second-order valence-corrected chi connectivity index (χ2v) is 9.88. The van der Waals surface area contributed by atoms with Crippen LogP contribution < -0.4 is 9.64 Å². The van der Waals surface area contributed by atoms with E-state index < -0.39 is 23.5 Å². The number of nitrogens with zero attached hydrogens (tertiary/aromatic N) is 2. The van der Waals surface area contributed by atoms with Crippen molar-refractivity contribution in [1.29, 1.82) is 0 Å². The number of fused-ring (bicyclic) bond motifs is 2. The van der Waals surface area contributed by atoms with Gasteiger partial charge in [0.25, 0.3) is 5.91 Å². The first-order chi connectivity index (χ1) is 17.9. The van der Waals surface area contributed by atoms with Gasteiger partial charge in [-0.2, -0.15) is 0 Å². The molecule has 5 aromatic rings. The van der Waals surface area contributed by atoms with Crippen LogP contribution in [0.3, 0.4) is 0 Å². The van der Waals surface area contributed by atoms with Crippen LogP contribution in [0.1, 0.15) is 29.1 Å². The Morgan fingerprint density at radius 3 is 2.76 bits per heavy atom. The number of amides is 1. The van der Waals surface area contributed by atoms with Gasteiger partial charge in [-0.1, -0.05) is 53.3 Å². The van der Waals surface area contributed by atoms with Crippen LogP contribution in [0.25, 0.3) is 21.2 Å². The molecule has 6 rings (SSSR count). The van der Waals surface area contributed by atoms with Gasteiger partial charge in [0.15, 0.2) is 16.7 Å². The third-order valence-corrected chi connectivity index (χ3v) is 7.38. The number of carbonyl (C=O) groups is 2. The summed E-state index contributed by atoms with van der Waals surface area (Å²) < 4.78 is 12.2. The SMILES string of the molecule is CCOc1ccc2nc(N3C(=O)C(O)=C(C(=O)c4cc5ccccc5o4)[C@H]3c3cccc(Cl)c3)sc2c1. The molecule has 0 bridgehead atoms. The molecule has 1 amide bonds.